The van der Waals surface area contributed by atoms with Gasteiger partial charge in [-0.05, 0) is 39.2 Å². The molecule has 1 heteroatoms. The fourth-order valence-electron chi connectivity index (χ4n) is 1.09. The molecule has 0 radical (unpaired) electrons. The van der Waals surface area contributed by atoms with Crippen LogP contribution in [0.4, 0.5) is 0 Å². The first-order valence-electron chi connectivity index (χ1n) is 4.88. The Balaban J connectivity index is 3.35. The van der Waals surface area contributed by atoms with Gasteiger partial charge in [-0.1, -0.05) is 17.9 Å². The Labute approximate surface area is 82.2 Å². The third kappa shape index (κ3) is 9.17. The van der Waals surface area contributed by atoms with Crippen LogP contribution < -0.4 is 0 Å². The fourth-order valence-corrected chi connectivity index (χ4v) is 1.09. The molecule has 0 aliphatic rings. The van der Waals surface area contributed by atoms with Gasteiger partial charge >= 0.3 is 0 Å². The van der Waals surface area contributed by atoms with Gasteiger partial charge in [-0.2, -0.15) is 0 Å². The number of rotatable bonds is 6. The van der Waals surface area contributed by atoms with E-state index in [1.54, 1.807) is 7.11 Å². The van der Waals surface area contributed by atoms with E-state index in [2.05, 4.69) is 18.8 Å². The molecule has 0 aliphatic carbocycles. The summed E-state index contributed by atoms with van der Waals surface area (Å²) in [5.74, 6) is 5.83. The molecule has 0 amide bonds. The predicted molar refractivity (Wildman–Crippen MR) is 57.6 cm³/mol. The van der Waals surface area contributed by atoms with Crippen LogP contribution in [-0.2, 0) is 4.74 Å². The Kier molecular flexibility index (Phi) is 8.82. The molecule has 13 heavy (non-hydrogen) atoms. The molecule has 0 unspecified atom stereocenters. The van der Waals surface area contributed by atoms with Gasteiger partial charge in [0.2, 0.25) is 0 Å². The molecule has 0 aromatic carbocycles. The average molecular weight is 180 g/mol. The smallest absolute Gasteiger partial charge is 0.0462 e. The number of unbranched alkanes of at least 4 members (excludes halogenated alkanes) is 2. The summed E-state index contributed by atoms with van der Waals surface area (Å²) in [6, 6.07) is 0. The van der Waals surface area contributed by atoms with Gasteiger partial charge in [0.1, 0.15) is 0 Å². The van der Waals surface area contributed by atoms with Crippen LogP contribution in [0, 0.1) is 11.8 Å². The van der Waals surface area contributed by atoms with Gasteiger partial charge in [-0.15, -0.1) is 5.92 Å². The molecule has 0 aromatic heterocycles. The SMILES string of the molecule is CC#C/C=C(\C)CCCCCOC. The number of allylic oxidation sites excluding steroid dienone is 2. The van der Waals surface area contributed by atoms with E-state index in [1.807, 2.05) is 13.0 Å². The summed E-state index contributed by atoms with van der Waals surface area (Å²) in [6.45, 7) is 4.89. The van der Waals surface area contributed by atoms with Crippen LogP contribution in [0.3, 0.4) is 0 Å². The summed E-state index contributed by atoms with van der Waals surface area (Å²) in [5, 5.41) is 0. The van der Waals surface area contributed by atoms with Crippen molar-refractivity contribution in [1.82, 2.24) is 0 Å². The summed E-state index contributed by atoms with van der Waals surface area (Å²) >= 11 is 0. The number of ether oxygens (including phenoxy) is 1. The van der Waals surface area contributed by atoms with E-state index in [0.29, 0.717) is 0 Å². The van der Waals surface area contributed by atoms with Crippen molar-refractivity contribution in [2.24, 2.45) is 0 Å². The first kappa shape index (κ1) is 12.3. The highest BCUT2D eigenvalue weighted by atomic mass is 16.5. The second-order valence-corrected chi connectivity index (χ2v) is 3.19. The summed E-state index contributed by atoms with van der Waals surface area (Å²) in [6.07, 6.45) is 6.84. The van der Waals surface area contributed by atoms with Crippen molar-refractivity contribution in [2.45, 2.75) is 39.5 Å². The number of methoxy groups -OCH3 is 1. The molecule has 0 spiro atoms. The molecule has 1 nitrogen and oxygen atoms in total. The molecule has 0 N–H and O–H groups in total. The third-order valence-electron chi connectivity index (χ3n) is 1.88. The predicted octanol–water partition coefficient (Wildman–Crippen LogP) is 3.16. The summed E-state index contributed by atoms with van der Waals surface area (Å²) in [5.41, 5.74) is 1.38. The molecular weight excluding hydrogens is 160 g/mol. The van der Waals surface area contributed by atoms with Crippen LogP contribution in [0.2, 0.25) is 0 Å². The molecule has 0 aromatic rings. The van der Waals surface area contributed by atoms with E-state index >= 15 is 0 Å². The quantitative estimate of drug-likeness (QED) is 0.450. The Bertz CT molecular complexity index is 193. The zero-order valence-electron chi connectivity index (χ0n) is 9.02. The first-order chi connectivity index (χ1) is 6.31. The van der Waals surface area contributed by atoms with E-state index < -0.39 is 0 Å². The van der Waals surface area contributed by atoms with Crippen LogP contribution in [0.25, 0.3) is 0 Å². The lowest BCUT2D eigenvalue weighted by Gasteiger charge is -2.00. The second-order valence-electron chi connectivity index (χ2n) is 3.19. The van der Waals surface area contributed by atoms with E-state index in [-0.39, 0.29) is 0 Å². The molecule has 0 bridgehead atoms. The molecular formula is C12H20O. The Morgan fingerprint density at radius 3 is 2.69 bits per heavy atom. The van der Waals surface area contributed by atoms with Crippen molar-refractivity contribution in [2.75, 3.05) is 13.7 Å². The minimum absolute atomic E-state index is 0.886. The van der Waals surface area contributed by atoms with Gasteiger partial charge in [-0.25, -0.2) is 0 Å². The van der Waals surface area contributed by atoms with Gasteiger partial charge < -0.3 is 4.74 Å². The van der Waals surface area contributed by atoms with Crippen LogP contribution in [0.5, 0.6) is 0 Å². The monoisotopic (exact) mass is 180 g/mol. The molecule has 0 rings (SSSR count). The second kappa shape index (κ2) is 9.35. The number of hydrogen-bond donors (Lipinski definition) is 0. The fraction of sp³-hybridized carbons (Fsp3) is 0.667. The molecule has 0 atom stereocenters. The van der Waals surface area contributed by atoms with E-state index in [9.17, 15) is 0 Å². The Hall–Kier alpha value is -0.740. The average Bonchev–Trinajstić information content (AvgIpc) is 2.14. The van der Waals surface area contributed by atoms with Gasteiger partial charge in [-0.3, -0.25) is 0 Å². The maximum absolute atomic E-state index is 4.98. The zero-order chi connectivity index (χ0) is 9.94. The van der Waals surface area contributed by atoms with Crippen molar-refractivity contribution >= 4 is 0 Å². The number of hydrogen-bond acceptors (Lipinski definition) is 1. The Morgan fingerprint density at radius 1 is 1.31 bits per heavy atom. The van der Waals surface area contributed by atoms with Gasteiger partial charge in [0.05, 0.1) is 0 Å². The summed E-state index contributed by atoms with van der Waals surface area (Å²) in [7, 11) is 1.75. The largest absolute Gasteiger partial charge is 0.385 e. The normalized spacial score (nSPS) is 10.8. The molecule has 0 fully saturated rings. The van der Waals surface area contributed by atoms with E-state index in [4.69, 9.17) is 4.74 Å². The van der Waals surface area contributed by atoms with Crippen LogP contribution in [0.15, 0.2) is 11.6 Å². The molecule has 0 saturated heterocycles. The highest BCUT2D eigenvalue weighted by Gasteiger charge is 1.90. The summed E-state index contributed by atoms with van der Waals surface area (Å²) in [4.78, 5) is 0. The zero-order valence-corrected chi connectivity index (χ0v) is 9.02. The summed E-state index contributed by atoms with van der Waals surface area (Å²) < 4.78 is 4.98. The lowest BCUT2D eigenvalue weighted by Crippen LogP contribution is -1.88. The van der Waals surface area contributed by atoms with Crippen molar-refractivity contribution in [3.8, 4) is 11.8 Å². The van der Waals surface area contributed by atoms with Crippen molar-refractivity contribution in [3.05, 3.63) is 11.6 Å². The lowest BCUT2D eigenvalue weighted by atomic mass is 10.1. The van der Waals surface area contributed by atoms with Crippen LogP contribution in [0.1, 0.15) is 39.5 Å². The third-order valence-corrected chi connectivity index (χ3v) is 1.88. The van der Waals surface area contributed by atoms with Gasteiger partial charge in [0.15, 0.2) is 0 Å². The maximum Gasteiger partial charge on any atom is 0.0462 e. The van der Waals surface area contributed by atoms with Crippen molar-refractivity contribution in [1.29, 1.82) is 0 Å². The van der Waals surface area contributed by atoms with Crippen LogP contribution in [-0.4, -0.2) is 13.7 Å². The lowest BCUT2D eigenvalue weighted by molar-refractivity contribution is 0.192. The van der Waals surface area contributed by atoms with Crippen molar-refractivity contribution < 1.29 is 4.74 Å². The molecule has 74 valence electrons. The first-order valence-corrected chi connectivity index (χ1v) is 4.88. The molecule has 0 heterocycles. The topological polar surface area (TPSA) is 9.23 Å². The van der Waals surface area contributed by atoms with Gasteiger partial charge in [0.25, 0.3) is 0 Å². The van der Waals surface area contributed by atoms with Crippen LogP contribution >= 0.6 is 0 Å². The highest BCUT2D eigenvalue weighted by Crippen LogP contribution is 2.07. The van der Waals surface area contributed by atoms with Gasteiger partial charge in [0, 0.05) is 13.7 Å². The standard InChI is InChI=1S/C12H20O/c1-4-5-9-12(2)10-7-6-8-11-13-3/h9H,6-8,10-11H2,1-3H3/b12-9+. The minimum atomic E-state index is 0.886. The van der Waals surface area contributed by atoms with Crippen molar-refractivity contribution in [3.63, 3.8) is 0 Å². The maximum atomic E-state index is 4.98. The minimum Gasteiger partial charge on any atom is -0.385 e. The molecule has 0 aliphatic heterocycles. The van der Waals surface area contributed by atoms with E-state index in [1.165, 1.54) is 31.3 Å². The van der Waals surface area contributed by atoms with E-state index in [0.717, 1.165) is 6.61 Å². The Morgan fingerprint density at radius 2 is 2.08 bits per heavy atom. The molecule has 0 saturated carbocycles. The highest BCUT2D eigenvalue weighted by molar-refractivity contribution is 5.18.